The van der Waals surface area contributed by atoms with Crippen molar-refractivity contribution < 1.29 is 58.0 Å². The van der Waals surface area contributed by atoms with E-state index < -0.39 is 52.3 Å². The first-order valence-corrected chi connectivity index (χ1v) is 37.0. The number of rotatable bonds is 27. The zero-order valence-electron chi connectivity index (χ0n) is 63.5. The van der Waals surface area contributed by atoms with Gasteiger partial charge in [0.15, 0.2) is 0 Å². The van der Waals surface area contributed by atoms with E-state index in [4.69, 9.17) is 19.2 Å². The topological polar surface area (TPSA) is 240 Å². The first kappa shape index (κ1) is 81.0. The highest BCUT2D eigenvalue weighted by molar-refractivity contribution is 7.99. The van der Waals surface area contributed by atoms with E-state index in [1.165, 1.54) is 23.9 Å². The maximum absolute atomic E-state index is 15.9. The van der Waals surface area contributed by atoms with E-state index in [9.17, 15) is 24.6 Å². The summed E-state index contributed by atoms with van der Waals surface area (Å²) in [6, 6.07) is 4.04. The molecule has 16 nitrogen and oxygen atoms in total. The van der Waals surface area contributed by atoms with Crippen molar-refractivity contribution in [3.8, 4) is 0 Å². The summed E-state index contributed by atoms with van der Waals surface area (Å²) in [5, 5.41) is 26.1. The van der Waals surface area contributed by atoms with Crippen molar-refractivity contribution in [1.29, 1.82) is 0 Å². The lowest BCUT2D eigenvalue weighted by Crippen LogP contribution is -2.50. The van der Waals surface area contributed by atoms with E-state index in [1.54, 1.807) is 0 Å². The molecule has 0 bridgehead atoms. The third-order valence-corrected chi connectivity index (χ3v) is 23.2. The highest BCUT2D eigenvalue weighted by Gasteiger charge is 2.51. The second kappa shape index (κ2) is 32.1. The number of carboxylic acids is 2. The van der Waals surface area contributed by atoms with Crippen molar-refractivity contribution in [2.75, 3.05) is 17.7 Å². The number of ether oxygens (including phenoxy) is 3. The Morgan fingerprint density at radius 2 is 1.03 bits per heavy atom. The number of esters is 3. The van der Waals surface area contributed by atoms with E-state index in [2.05, 4.69) is 113 Å². The SMILES string of the molecule is CCC(C)(C)C(=O)OCCCC(CC)(CC)C(=O)Nc1[nH]c(C=C2N=C(NC(=O)C(CC)(CC)CCCSc3cc(C(=O)O)cc(C(=O)O)c3)C(C(=O)OC3C(C(C)(C)C)CC(C)CC3C(C)(C)C)=C2C(C)C)c(C(C)C)c1C(=O)OC1C(C(C)(C)C)CC(C)CC1C(C)(C)C. The average Bonchev–Trinajstić information content (AvgIpc) is 1.61. The van der Waals surface area contributed by atoms with Gasteiger partial charge in [-0.3, -0.25) is 14.4 Å². The van der Waals surface area contributed by atoms with E-state index in [1.807, 2.05) is 82.2 Å². The molecular weight excluding hydrogens is 1230 g/mol. The molecule has 5 rings (SSSR count). The first-order chi connectivity index (χ1) is 44.3. The number of carbonyl (C=O) groups is 7. The van der Waals surface area contributed by atoms with Crippen LogP contribution in [0.25, 0.3) is 6.08 Å². The number of hydrogen-bond donors (Lipinski definition) is 5. The Morgan fingerprint density at radius 1 is 0.604 bits per heavy atom. The molecule has 1 aliphatic heterocycles. The number of benzene rings is 1. The number of thioether (sulfide) groups is 1. The smallest absolute Gasteiger partial charge is 0.342 e. The maximum atomic E-state index is 15.9. The van der Waals surface area contributed by atoms with Crippen LogP contribution in [0.3, 0.4) is 0 Å². The molecule has 2 aromatic rings. The number of allylic oxidation sites excluding steroid dienone is 1. The molecule has 3 aliphatic rings. The molecule has 2 fully saturated rings. The minimum Gasteiger partial charge on any atom is -0.478 e. The summed E-state index contributed by atoms with van der Waals surface area (Å²) in [5.41, 5.74) is -1.42. The van der Waals surface area contributed by atoms with Gasteiger partial charge in [0.25, 0.3) is 0 Å². The highest BCUT2D eigenvalue weighted by atomic mass is 32.2. The number of aliphatic imine (C=N–C) groups is 1. The van der Waals surface area contributed by atoms with Crippen LogP contribution in [0.15, 0.2) is 44.9 Å². The summed E-state index contributed by atoms with van der Waals surface area (Å²) in [6.45, 7) is 52.7. The van der Waals surface area contributed by atoms with Crippen molar-refractivity contribution >= 4 is 71.2 Å². The number of anilines is 1. The molecule has 0 radical (unpaired) electrons. The Hall–Kier alpha value is -5.71. The fourth-order valence-corrected chi connectivity index (χ4v) is 16.2. The number of carboxylic acid groups (broad SMARTS) is 2. The molecule has 538 valence electrons. The third kappa shape index (κ3) is 19.2. The van der Waals surface area contributed by atoms with Crippen LogP contribution in [0.5, 0.6) is 0 Å². The lowest BCUT2D eigenvalue weighted by atomic mass is 9.59. The molecule has 0 spiro atoms. The van der Waals surface area contributed by atoms with Crippen LogP contribution in [0.4, 0.5) is 5.82 Å². The summed E-state index contributed by atoms with van der Waals surface area (Å²) in [7, 11) is 0. The Balaban J connectivity index is 1.77. The second-order valence-corrected chi connectivity index (χ2v) is 35.4. The van der Waals surface area contributed by atoms with Gasteiger partial charge in [-0.25, -0.2) is 24.2 Å². The number of aromatic amines is 1. The van der Waals surface area contributed by atoms with Crippen LogP contribution < -0.4 is 10.6 Å². The van der Waals surface area contributed by atoms with Crippen LogP contribution in [-0.2, 0) is 33.4 Å². The van der Waals surface area contributed by atoms with Gasteiger partial charge in [-0.1, -0.05) is 159 Å². The van der Waals surface area contributed by atoms with Gasteiger partial charge >= 0.3 is 29.8 Å². The monoisotopic (exact) mass is 1350 g/mol. The fourth-order valence-electron chi connectivity index (χ4n) is 15.3. The zero-order chi connectivity index (χ0) is 72.8. The fraction of sp³-hybridized carbons (Fsp3) is 0.722. The average molecular weight is 1350 g/mol. The van der Waals surface area contributed by atoms with Crippen molar-refractivity contribution in [3.05, 3.63) is 63.0 Å². The van der Waals surface area contributed by atoms with Gasteiger partial charge < -0.3 is 40.0 Å². The van der Waals surface area contributed by atoms with E-state index >= 15 is 19.2 Å². The molecule has 4 unspecified atom stereocenters. The molecule has 2 amide bonds. The number of nitrogens with zero attached hydrogens (tertiary/aromatic N) is 1. The largest absolute Gasteiger partial charge is 0.478 e. The Labute approximate surface area is 581 Å². The van der Waals surface area contributed by atoms with Gasteiger partial charge in [0.1, 0.15) is 35.0 Å². The lowest BCUT2D eigenvalue weighted by Gasteiger charge is -2.50. The molecule has 0 saturated heterocycles. The van der Waals surface area contributed by atoms with Crippen LogP contribution in [0.2, 0.25) is 0 Å². The maximum Gasteiger partial charge on any atom is 0.342 e. The number of nitrogens with one attached hydrogen (secondary N) is 3. The van der Waals surface area contributed by atoms with Crippen molar-refractivity contribution in [1.82, 2.24) is 10.3 Å². The molecule has 17 heteroatoms. The number of H-pyrrole nitrogens is 1. The summed E-state index contributed by atoms with van der Waals surface area (Å²) in [4.78, 5) is 109. The molecule has 5 N–H and O–H groups in total. The van der Waals surface area contributed by atoms with Crippen molar-refractivity contribution in [3.63, 3.8) is 0 Å². The predicted octanol–water partition coefficient (Wildman–Crippen LogP) is 19.2. The number of amides is 2. The summed E-state index contributed by atoms with van der Waals surface area (Å²) >= 11 is 1.32. The normalized spacial score (nSPS) is 22.1. The molecule has 2 saturated carbocycles. The molecule has 1 aromatic carbocycles. The summed E-state index contributed by atoms with van der Waals surface area (Å²) in [6.07, 6.45) is 8.52. The molecular formula is C79H124N4O12S. The minimum absolute atomic E-state index is 0.000487. The molecule has 2 heterocycles. The lowest BCUT2D eigenvalue weighted by molar-refractivity contribution is -0.164. The summed E-state index contributed by atoms with van der Waals surface area (Å²) < 4.78 is 19.9. The molecule has 1 aromatic heterocycles. The van der Waals surface area contributed by atoms with Crippen LogP contribution in [0.1, 0.15) is 305 Å². The number of carbonyl (C=O) groups excluding carboxylic acids is 5. The number of aromatic nitrogens is 1. The van der Waals surface area contributed by atoms with Crippen LogP contribution >= 0.6 is 11.8 Å². The highest BCUT2D eigenvalue weighted by Crippen LogP contribution is 2.53. The van der Waals surface area contributed by atoms with Gasteiger partial charge in [0.05, 0.1) is 28.8 Å². The quantitative estimate of drug-likeness (QED) is 0.0242. The standard InChI is InChI=1S/C79H124N4O12S/c1-26-77(24,25)72(92)93-35-31-33-78(27-2,28-3)70(90)82-64-60(68(88)94-62-52(73(12,13)14)37-47(10)38-53(62)74(15,16)17)58(45(6)7)56(80-64)44-57-59(46(8)9)61(69(89)95-63-54(75(18,19)20)39-48(11)40-55(63)76(21,22)23)65(81-57)83-71(91)79(29-4,30-5)34-32-36-96-51-42-49(66(84)85)41-50(43-51)67(86)87/h41-48,52-55,62-63,80H,26-40H2,1-25H3,(H,82,90)(H,84,85)(H,86,87)(H,81,83,91). The number of amidine groups is 1. The minimum atomic E-state index is -1.24. The van der Waals surface area contributed by atoms with E-state index in [0.29, 0.717) is 103 Å². The van der Waals surface area contributed by atoms with Gasteiger partial charge in [-0.2, -0.15) is 0 Å². The van der Waals surface area contributed by atoms with Crippen LogP contribution in [-0.4, -0.2) is 87.3 Å². The molecule has 96 heavy (non-hydrogen) atoms. The molecule has 2 aliphatic carbocycles. The van der Waals surface area contributed by atoms with Crippen LogP contribution in [0, 0.1) is 79.3 Å². The van der Waals surface area contributed by atoms with E-state index in [0.717, 1.165) is 31.7 Å². The van der Waals surface area contributed by atoms with Gasteiger partial charge in [0, 0.05) is 45.1 Å². The van der Waals surface area contributed by atoms with Gasteiger partial charge in [-0.15, -0.1) is 11.8 Å². The second-order valence-electron chi connectivity index (χ2n) is 34.2. The number of hydrogen-bond acceptors (Lipinski definition) is 12. The van der Waals surface area contributed by atoms with Gasteiger partial charge in [-0.05, 0) is 184 Å². The third-order valence-electron chi connectivity index (χ3n) is 22.2. The zero-order valence-corrected chi connectivity index (χ0v) is 64.3. The Morgan fingerprint density at radius 3 is 1.43 bits per heavy atom. The predicted molar refractivity (Wildman–Crippen MR) is 387 cm³/mol. The van der Waals surface area contributed by atoms with Gasteiger partial charge in [0.2, 0.25) is 11.8 Å². The Kier molecular flexibility index (Phi) is 27.1. The first-order valence-electron chi connectivity index (χ1n) is 36.1. The van der Waals surface area contributed by atoms with E-state index in [-0.39, 0.29) is 115 Å². The Bertz CT molecular complexity index is 3140. The summed E-state index contributed by atoms with van der Waals surface area (Å²) in [5.74, 6) is -3.78. The molecule has 4 atom stereocenters. The van der Waals surface area contributed by atoms with Crippen molar-refractivity contribution in [2.24, 2.45) is 84.3 Å². The number of aromatic carboxylic acids is 2. The van der Waals surface area contributed by atoms with Crippen molar-refractivity contribution in [2.45, 2.75) is 280 Å².